The van der Waals surface area contributed by atoms with Crippen molar-refractivity contribution >= 4 is 71.8 Å². The highest BCUT2D eigenvalue weighted by Gasteiger charge is 2.39. The van der Waals surface area contributed by atoms with Gasteiger partial charge in [0.2, 0.25) is 53.2 Å². The maximum atomic E-state index is 14.3. The molecule has 408 valence electrons. The van der Waals surface area contributed by atoms with Gasteiger partial charge in [0.1, 0.15) is 54.1 Å². The fourth-order valence-electron chi connectivity index (χ4n) is 7.70. The number of nitrogens with zero attached hydrogens (tertiary/aromatic N) is 1. The number of aliphatic hydroxyl groups excluding tert-OH is 2. The Morgan fingerprint density at radius 2 is 1.22 bits per heavy atom. The van der Waals surface area contributed by atoms with Crippen LogP contribution in [-0.4, -0.2) is 177 Å². The van der Waals surface area contributed by atoms with E-state index < -0.39 is 139 Å². The number of rotatable bonds is 30. The standard InChI is InChI=1S/C48H71N11O14S/c1-26(2)39(58-44(68)36(24-61)56-40(64)31(50)25-74)46(70)55-34(20-28-10-5-4-6-11-28)42(66)54-33(21-29-14-16-30(62)17-15-29)41(65)51-22-38(63)52-27(3)47(71)59-19-9-13-37(59)45(69)57-35(23-60)43(67)53-32(48(72)73)12-7-8-18-49/h4-6,10-11,14-17,26-27,31-37,39,60-62,74H,7-9,12-13,18-25,49-50H2,1-3H3,(H,51,65)(H,52,63)(H,53,67)(H,54,66)(H,55,70)(H,56,64)(H,57,69)(H,58,68)(H,72,73)/t27-,31-,32-,33-,34-,35-,36-,37-,39-/m0/s1. The summed E-state index contributed by atoms with van der Waals surface area (Å²) in [6.07, 6.45) is 1.25. The first-order chi connectivity index (χ1) is 35.1. The highest BCUT2D eigenvalue weighted by atomic mass is 32.1. The first-order valence-electron chi connectivity index (χ1n) is 24.2. The van der Waals surface area contributed by atoms with Crippen molar-refractivity contribution in [3.05, 3.63) is 65.7 Å². The molecule has 0 saturated carbocycles. The molecule has 3 rings (SSSR count). The molecule has 16 N–H and O–H groups in total. The van der Waals surface area contributed by atoms with E-state index in [2.05, 4.69) is 55.2 Å². The number of nitrogens with one attached hydrogen (secondary N) is 8. The summed E-state index contributed by atoms with van der Waals surface area (Å²) in [6, 6.07) is 2.41. The van der Waals surface area contributed by atoms with E-state index in [0.29, 0.717) is 36.9 Å². The second-order valence-electron chi connectivity index (χ2n) is 18.1. The van der Waals surface area contributed by atoms with Crippen LogP contribution in [0.3, 0.4) is 0 Å². The zero-order chi connectivity index (χ0) is 55.1. The molecule has 1 aliphatic heterocycles. The third-order valence-corrected chi connectivity index (χ3v) is 12.3. The summed E-state index contributed by atoms with van der Waals surface area (Å²) in [5.41, 5.74) is 12.2. The SMILES string of the molecule is CC(C)[C@H](NC(=O)[C@H](CO)NC(=O)[C@@H](N)CS)C(=O)N[C@@H](Cc1ccccc1)C(=O)N[C@@H](Cc1ccc(O)cc1)C(=O)NCC(=O)N[C@@H](C)C(=O)N1CCC[C@H]1C(=O)N[C@@H](CO)C(=O)N[C@@H](CCCCN)C(=O)O. The number of benzene rings is 2. The van der Waals surface area contributed by atoms with E-state index in [9.17, 15) is 68.4 Å². The van der Waals surface area contributed by atoms with Crippen molar-refractivity contribution in [2.75, 3.05) is 38.6 Å². The molecule has 9 atom stereocenters. The number of carbonyl (C=O) groups excluding carboxylic acids is 9. The smallest absolute Gasteiger partial charge is 0.326 e. The van der Waals surface area contributed by atoms with Crippen molar-refractivity contribution in [2.45, 2.75) is 120 Å². The van der Waals surface area contributed by atoms with Crippen LogP contribution in [0.4, 0.5) is 0 Å². The molecule has 74 heavy (non-hydrogen) atoms. The van der Waals surface area contributed by atoms with E-state index in [0.717, 1.165) is 0 Å². The Morgan fingerprint density at radius 3 is 1.80 bits per heavy atom. The van der Waals surface area contributed by atoms with Crippen LogP contribution in [0.2, 0.25) is 0 Å². The number of unbranched alkanes of at least 4 members (excludes halogenated alkanes) is 1. The number of amides is 9. The van der Waals surface area contributed by atoms with E-state index in [1.807, 2.05) is 0 Å². The summed E-state index contributed by atoms with van der Waals surface area (Å²) < 4.78 is 0. The molecule has 9 amide bonds. The van der Waals surface area contributed by atoms with Crippen LogP contribution in [-0.2, 0) is 60.8 Å². The molecule has 0 aliphatic carbocycles. The molecular formula is C48H71N11O14S. The molecule has 2 aromatic rings. The minimum absolute atomic E-state index is 0.0502. The van der Waals surface area contributed by atoms with Gasteiger partial charge in [-0.05, 0) is 74.8 Å². The number of hydrogen-bond donors (Lipinski definition) is 15. The van der Waals surface area contributed by atoms with E-state index in [4.69, 9.17) is 11.5 Å². The summed E-state index contributed by atoms with van der Waals surface area (Å²) >= 11 is 3.97. The topological polar surface area (TPSA) is 403 Å². The number of phenolic OH excluding ortho intramolecular Hbond substituents is 1. The fourth-order valence-corrected chi connectivity index (χ4v) is 7.86. The number of hydrogen-bond acceptors (Lipinski definition) is 16. The molecule has 1 fully saturated rings. The van der Waals surface area contributed by atoms with Gasteiger partial charge in [0.15, 0.2) is 0 Å². The Kier molecular flexibility index (Phi) is 25.7. The Bertz CT molecular complexity index is 2240. The van der Waals surface area contributed by atoms with Gasteiger partial charge in [-0.1, -0.05) is 56.3 Å². The number of thiol groups is 1. The van der Waals surface area contributed by atoms with Crippen molar-refractivity contribution in [1.82, 2.24) is 47.4 Å². The average Bonchev–Trinajstić information content (AvgIpc) is 3.87. The summed E-state index contributed by atoms with van der Waals surface area (Å²) in [4.78, 5) is 134. The quantitative estimate of drug-likeness (QED) is 0.0261. The highest BCUT2D eigenvalue weighted by molar-refractivity contribution is 7.80. The number of carbonyl (C=O) groups is 10. The van der Waals surface area contributed by atoms with Crippen LogP contribution in [0.15, 0.2) is 54.6 Å². The Labute approximate surface area is 433 Å². The summed E-state index contributed by atoms with van der Waals surface area (Å²) in [5, 5.41) is 59.0. The van der Waals surface area contributed by atoms with E-state index in [-0.39, 0.29) is 43.7 Å². The molecule has 1 heterocycles. The lowest BCUT2D eigenvalue weighted by atomic mass is 9.99. The molecule has 26 heteroatoms. The van der Waals surface area contributed by atoms with Crippen molar-refractivity contribution in [3.63, 3.8) is 0 Å². The number of nitrogens with two attached hydrogens (primary N) is 2. The van der Waals surface area contributed by atoms with Crippen molar-refractivity contribution in [2.24, 2.45) is 17.4 Å². The Hall–Kier alpha value is -6.87. The number of aromatic hydroxyl groups is 1. The average molecular weight is 1060 g/mol. The third kappa shape index (κ3) is 19.5. The number of phenols is 1. The second kappa shape index (κ2) is 31.0. The van der Waals surface area contributed by atoms with Crippen LogP contribution in [0.1, 0.15) is 64.0 Å². The molecule has 0 radical (unpaired) electrons. The Balaban J connectivity index is 1.74. The second-order valence-corrected chi connectivity index (χ2v) is 18.4. The summed E-state index contributed by atoms with van der Waals surface area (Å²) in [6.45, 7) is 2.58. The molecule has 1 saturated heterocycles. The fraction of sp³-hybridized carbons (Fsp3) is 0.542. The predicted octanol–water partition coefficient (Wildman–Crippen LogP) is -4.19. The zero-order valence-electron chi connectivity index (χ0n) is 41.6. The molecule has 0 unspecified atom stereocenters. The molecular weight excluding hydrogens is 987 g/mol. The van der Waals surface area contributed by atoms with E-state index >= 15 is 0 Å². The van der Waals surface area contributed by atoms with Gasteiger partial charge in [-0.3, -0.25) is 43.2 Å². The number of carboxylic acid groups (broad SMARTS) is 1. The van der Waals surface area contributed by atoms with Gasteiger partial charge < -0.3 is 79.3 Å². The first kappa shape index (κ1) is 61.4. The lowest BCUT2D eigenvalue weighted by Gasteiger charge is -2.29. The number of likely N-dealkylation sites (tertiary alicyclic amines) is 1. The molecule has 1 aliphatic rings. The summed E-state index contributed by atoms with van der Waals surface area (Å²) in [5.74, 6) is -9.52. The number of carboxylic acids is 1. The van der Waals surface area contributed by atoms with Crippen molar-refractivity contribution < 1.29 is 68.4 Å². The number of aliphatic carboxylic acids is 1. The molecule has 2 aromatic carbocycles. The van der Waals surface area contributed by atoms with Gasteiger partial charge in [0.25, 0.3) is 0 Å². The third-order valence-electron chi connectivity index (χ3n) is 11.9. The monoisotopic (exact) mass is 1060 g/mol. The molecule has 0 bridgehead atoms. The first-order valence-corrected chi connectivity index (χ1v) is 24.8. The molecule has 0 spiro atoms. The van der Waals surface area contributed by atoms with E-state index in [1.165, 1.54) is 36.1 Å². The van der Waals surface area contributed by atoms with Gasteiger partial charge in [0.05, 0.1) is 25.8 Å². The van der Waals surface area contributed by atoms with Gasteiger partial charge in [-0.15, -0.1) is 0 Å². The van der Waals surface area contributed by atoms with Crippen LogP contribution in [0.5, 0.6) is 5.75 Å². The van der Waals surface area contributed by atoms with Crippen LogP contribution < -0.4 is 54.0 Å². The number of aliphatic hydroxyl groups is 2. The van der Waals surface area contributed by atoms with Crippen molar-refractivity contribution in [3.8, 4) is 5.75 Å². The van der Waals surface area contributed by atoms with Gasteiger partial charge in [0, 0.05) is 25.1 Å². The minimum atomic E-state index is -1.54. The lowest BCUT2D eigenvalue weighted by molar-refractivity contribution is -0.143. The maximum Gasteiger partial charge on any atom is 0.326 e. The zero-order valence-corrected chi connectivity index (χ0v) is 42.5. The van der Waals surface area contributed by atoms with Gasteiger partial charge in [-0.2, -0.15) is 12.6 Å². The van der Waals surface area contributed by atoms with Crippen LogP contribution in [0, 0.1) is 5.92 Å². The van der Waals surface area contributed by atoms with Crippen LogP contribution >= 0.6 is 12.6 Å². The highest BCUT2D eigenvalue weighted by Crippen LogP contribution is 2.19. The predicted molar refractivity (Wildman–Crippen MR) is 270 cm³/mol. The minimum Gasteiger partial charge on any atom is -0.508 e. The maximum absolute atomic E-state index is 14.3. The van der Waals surface area contributed by atoms with Gasteiger partial charge in [-0.25, -0.2) is 4.79 Å². The van der Waals surface area contributed by atoms with Crippen LogP contribution in [0.25, 0.3) is 0 Å². The van der Waals surface area contributed by atoms with E-state index in [1.54, 1.807) is 44.2 Å². The lowest BCUT2D eigenvalue weighted by Crippen LogP contribution is -2.61. The molecule has 25 nitrogen and oxygen atoms in total. The Morgan fingerprint density at radius 1 is 0.676 bits per heavy atom. The molecule has 0 aromatic heterocycles. The van der Waals surface area contributed by atoms with Gasteiger partial charge >= 0.3 is 5.97 Å². The van der Waals surface area contributed by atoms with Crippen molar-refractivity contribution in [1.29, 1.82) is 0 Å². The largest absolute Gasteiger partial charge is 0.508 e. The normalized spacial score (nSPS) is 16.4. The summed E-state index contributed by atoms with van der Waals surface area (Å²) in [7, 11) is 0.